The Morgan fingerprint density at radius 2 is 2.05 bits per heavy atom. The third kappa shape index (κ3) is 5.59. The lowest BCUT2D eigenvalue weighted by atomic mass is 10.1. The molecule has 0 aromatic heterocycles. The highest BCUT2D eigenvalue weighted by molar-refractivity contribution is 7.89. The van der Waals surface area contributed by atoms with E-state index in [2.05, 4.69) is 16.5 Å². The number of aryl methyl sites for hydroxylation is 1. The molecule has 1 saturated heterocycles. The smallest absolute Gasteiger partial charge is 0.214 e. The van der Waals surface area contributed by atoms with Gasteiger partial charge in [0.1, 0.15) is 12.4 Å². The van der Waals surface area contributed by atoms with Crippen molar-refractivity contribution in [3.8, 4) is 5.75 Å². The van der Waals surface area contributed by atoms with E-state index in [1.807, 2.05) is 31.2 Å². The molecule has 1 atom stereocenters. The van der Waals surface area contributed by atoms with E-state index in [4.69, 9.17) is 4.74 Å². The molecule has 6 heteroatoms. The summed E-state index contributed by atoms with van der Waals surface area (Å²) in [7, 11) is -3.27. The van der Waals surface area contributed by atoms with Gasteiger partial charge in [0.25, 0.3) is 0 Å². The number of nitrogens with one attached hydrogen (secondary N) is 1. The molecule has 1 aliphatic rings. The molecule has 0 radical (unpaired) electrons. The lowest BCUT2D eigenvalue weighted by Gasteiger charge is -2.14. The van der Waals surface area contributed by atoms with Gasteiger partial charge in [-0.2, -0.15) is 0 Å². The molecule has 5 nitrogen and oxygen atoms in total. The van der Waals surface area contributed by atoms with E-state index in [-0.39, 0.29) is 12.4 Å². The highest BCUT2D eigenvalue weighted by Gasteiger charge is 2.22. The first-order chi connectivity index (χ1) is 10.5. The molecule has 0 spiro atoms. The summed E-state index contributed by atoms with van der Waals surface area (Å²) in [6.07, 6.45) is 1.07. The number of benzene rings is 1. The van der Waals surface area contributed by atoms with Crippen molar-refractivity contribution in [2.45, 2.75) is 20.3 Å². The number of hydrogen-bond acceptors (Lipinski definition) is 4. The SMILES string of the molecule is CCN1CCC(CNS(=O)(=O)CCOc2ccc(C)cc2)C1. The van der Waals surface area contributed by atoms with Gasteiger partial charge in [-0.25, -0.2) is 13.1 Å². The Bertz CT molecular complexity index is 557. The van der Waals surface area contributed by atoms with Gasteiger partial charge in [0.2, 0.25) is 10.0 Å². The Kier molecular flexibility index (Phi) is 6.23. The summed E-state index contributed by atoms with van der Waals surface area (Å²) in [5.74, 6) is 1.12. The normalized spacial score (nSPS) is 19.5. The monoisotopic (exact) mass is 326 g/mol. The molecule has 0 saturated carbocycles. The van der Waals surface area contributed by atoms with Crippen LogP contribution in [0.3, 0.4) is 0 Å². The second-order valence-corrected chi connectivity index (χ2v) is 7.80. The molecule has 0 amide bonds. The van der Waals surface area contributed by atoms with Gasteiger partial charge >= 0.3 is 0 Å². The maximum absolute atomic E-state index is 12.0. The van der Waals surface area contributed by atoms with Crippen LogP contribution in [0.2, 0.25) is 0 Å². The predicted octanol–water partition coefficient (Wildman–Crippen LogP) is 1.64. The molecule has 1 aromatic rings. The van der Waals surface area contributed by atoms with Crippen LogP contribution in [0.4, 0.5) is 0 Å². The molecular weight excluding hydrogens is 300 g/mol. The summed E-state index contributed by atoms with van der Waals surface area (Å²) in [5, 5.41) is 0. The Morgan fingerprint density at radius 1 is 1.32 bits per heavy atom. The van der Waals surface area contributed by atoms with Gasteiger partial charge in [-0.15, -0.1) is 0 Å². The second kappa shape index (κ2) is 7.94. The van der Waals surface area contributed by atoms with Crippen molar-refractivity contribution >= 4 is 10.0 Å². The van der Waals surface area contributed by atoms with Gasteiger partial charge < -0.3 is 9.64 Å². The first kappa shape index (κ1) is 17.2. The average molecular weight is 326 g/mol. The molecule has 0 aliphatic carbocycles. The zero-order valence-corrected chi connectivity index (χ0v) is 14.2. The van der Waals surface area contributed by atoms with Crippen molar-refractivity contribution in [1.29, 1.82) is 0 Å². The summed E-state index contributed by atoms with van der Waals surface area (Å²) < 4.78 is 32.1. The fourth-order valence-electron chi connectivity index (χ4n) is 2.59. The van der Waals surface area contributed by atoms with E-state index in [1.54, 1.807) is 0 Å². The molecule has 1 aromatic carbocycles. The minimum Gasteiger partial charge on any atom is -0.492 e. The average Bonchev–Trinajstić information content (AvgIpc) is 2.95. The van der Waals surface area contributed by atoms with E-state index in [0.29, 0.717) is 18.2 Å². The van der Waals surface area contributed by atoms with Gasteiger partial charge in [0, 0.05) is 13.1 Å². The Hall–Kier alpha value is -1.11. The van der Waals surface area contributed by atoms with E-state index in [0.717, 1.165) is 31.6 Å². The maximum Gasteiger partial charge on any atom is 0.214 e. The largest absolute Gasteiger partial charge is 0.492 e. The predicted molar refractivity (Wildman–Crippen MR) is 88.7 cm³/mol. The standard InChI is InChI=1S/C16H26N2O3S/c1-3-18-9-8-15(13-18)12-17-22(19,20)11-10-21-16-6-4-14(2)5-7-16/h4-7,15,17H,3,8-13H2,1-2H3. The molecule has 0 bridgehead atoms. The summed E-state index contributed by atoms with van der Waals surface area (Å²) in [5.41, 5.74) is 1.15. The van der Waals surface area contributed by atoms with Gasteiger partial charge in [-0.05, 0) is 44.5 Å². The van der Waals surface area contributed by atoms with Crippen molar-refractivity contribution in [1.82, 2.24) is 9.62 Å². The third-order valence-electron chi connectivity index (χ3n) is 4.05. The van der Waals surface area contributed by atoms with Gasteiger partial charge in [-0.3, -0.25) is 0 Å². The number of ether oxygens (including phenoxy) is 1. The zero-order valence-electron chi connectivity index (χ0n) is 13.4. The van der Waals surface area contributed by atoms with E-state index in [1.165, 1.54) is 0 Å². The Balaban J connectivity index is 1.69. The van der Waals surface area contributed by atoms with Crippen LogP contribution >= 0.6 is 0 Å². The van der Waals surface area contributed by atoms with Gasteiger partial charge in [-0.1, -0.05) is 24.6 Å². The van der Waals surface area contributed by atoms with Crippen LogP contribution in [0.5, 0.6) is 5.75 Å². The number of hydrogen-bond donors (Lipinski definition) is 1. The van der Waals surface area contributed by atoms with Crippen LogP contribution < -0.4 is 9.46 Å². The molecule has 1 unspecified atom stereocenters. The Labute approximate surface area is 133 Å². The molecule has 1 fully saturated rings. The maximum atomic E-state index is 12.0. The molecule has 22 heavy (non-hydrogen) atoms. The summed E-state index contributed by atoms with van der Waals surface area (Å²) >= 11 is 0. The fourth-order valence-corrected chi connectivity index (χ4v) is 3.52. The van der Waals surface area contributed by atoms with Crippen LogP contribution in [0.25, 0.3) is 0 Å². The molecule has 1 N–H and O–H groups in total. The van der Waals surface area contributed by atoms with Crippen molar-refractivity contribution in [3.63, 3.8) is 0 Å². The van der Waals surface area contributed by atoms with Gasteiger partial charge in [0.15, 0.2) is 0 Å². The molecule has 1 heterocycles. The zero-order chi connectivity index (χ0) is 16.0. The van der Waals surface area contributed by atoms with E-state index in [9.17, 15) is 8.42 Å². The van der Waals surface area contributed by atoms with Crippen LogP contribution in [0.15, 0.2) is 24.3 Å². The fraction of sp³-hybridized carbons (Fsp3) is 0.625. The molecule has 1 aliphatic heterocycles. The minimum absolute atomic E-state index is 0.00884. The quantitative estimate of drug-likeness (QED) is 0.789. The first-order valence-electron chi connectivity index (χ1n) is 7.87. The van der Waals surface area contributed by atoms with E-state index < -0.39 is 10.0 Å². The summed E-state index contributed by atoms with van der Waals surface area (Å²) in [6.45, 7) is 7.93. The number of rotatable bonds is 8. The minimum atomic E-state index is -3.27. The number of nitrogens with zero attached hydrogens (tertiary/aromatic N) is 1. The van der Waals surface area contributed by atoms with Gasteiger partial charge in [0.05, 0.1) is 5.75 Å². The van der Waals surface area contributed by atoms with Crippen LogP contribution in [0, 0.1) is 12.8 Å². The summed E-state index contributed by atoms with van der Waals surface area (Å²) in [6, 6.07) is 7.60. The van der Waals surface area contributed by atoms with Crippen molar-refractivity contribution in [2.75, 3.05) is 38.5 Å². The highest BCUT2D eigenvalue weighted by atomic mass is 32.2. The first-order valence-corrected chi connectivity index (χ1v) is 9.53. The third-order valence-corrected chi connectivity index (χ3v) is 5.36. The highest BCUT2D eigenvalue weighted by Crippen LogP contribution is 2.15. The second-order valence-electron chi connectivity index (χ2n) is 5.88. The molecule has 124 valence electrons. The lowest BCUT2D eigenvalue weighted by molar-refractivity contribution is 0.338. The van der Waals surface area contributed by atoms with Crippen molar-refractivity contribution in [3.05, 3.63) is 29.8 Å². The Morgan fingerprint density at radius 3 is 2.68 bits per heavy atom. The number of likely N-dealkylation sites (tertiary alicyclic amines) is 1. The number of sulfonamides is 1. The lowest BCUT2D eigenvalue weighted by Crippen LogP contribution is -2.34. The summed E-state index contributed by atoms with van der Waals surface area (Å²) in [4.78, 5) is 2.35. The molecule has 2 rings (SSSR count). The topological polar surface area (TPSA) is 58.6 Å². The molecular formula is C16H26N2O3S. The van der Waals surface area contributed by atoms with Crippen LogP contribution in [0.1, 0.15) is 18.9 Å². The van der Waals surface area contributed by atoms with Crippen molar-refractivity contribution < 1.29 is 13.2 Å². The van der Waals surface area contributed by atoms with E-state index >= 15 is 0 Å². The van der Waals surface area contributed by atoms with Crippen LogP contribution in [-0.4, -0.2) is 51.9 Å². The van der Waals surface area contributed by atoms with Crippen LogP contribution in [-0.2, 0) is 10.0 Å². The van der Waals surface area contributed by atoms with Crippen molar-refractivity contribution in [2.24, 2.45) is 5.92 Å².